The summed E-state index contributed by atoms with van der Waals surface area (Å²) in [4.78, 5) is 26.2. The van der Waals surface area contributed by atoms with Crippen LogP contribution in [0.2, 0.25) is 0 Å². The molecular weight excluding hydrogens is 405 g/mol. The van der Waals surface area contributed by atoms with Gasteiger partial charge in [0.2, 0.25) is 5.91 Å². The van der Waals surface area contributed by atoms with Gasteiger partial charge < -0.3 is 9.47 Å². The van der Waals surface area contributed by atoms with Crippen LogP contribution in [0.1, 0.15) is 31.9 Å². The second-order valence-corrected chi connectivity index (χ2v) is 8.70. The molecule has 1 aliphatic rings. The van der Waals surface area contributed by atoms with Crippen LogP contribution < -0.4 is 9.47 Å². The summed E-state index contributed by atoms with van der Waals surface area (Å²) in [6.45, 7) is 7.05. The Hall–Kier alpha value is -2.54. The minimum Gasteiger partial charge on any atom is -0.490 e. The highest BCUT2D eigenvalue weighted by atomic mass is 32.2. The van der Waals surface area contributed by atoms with Crippen LogP contribution in [0.15, 0.2) is 42.5 Å². The minimum absolute atomic E-state index is 0.131. The van der Waals surface area contributed by atoms with E-state index in [0.717, 1.165) is 22.9 Å². The molecule has 0 bridgehead atoms. The molecule has 7 heteroatoms. The quantitative estimate of drug-likeness (QED) is 0.555. The molecule has 0 aliphatic carbocycles. The average molecular weight is 432 g/mol. The number of rotatable bonds is 9. The zero-order chi connectivity index (χ0) is 21.7. The number of carbonyl (C=O) groups is 2. The van der Waals surface area contributed by atoms with Gasteiger partial charge in [-0.1, -0.05) is 43.8 Å². The van der Waals surface area contributed by atoms with Crippen LogP contribution in [-0.4, -0.2) is 34.4 Å². The van der Waals surface area contributed by atoms with E-state index in [2.05, 4.69) is 0 Å². The Morgan fingerprint density at radius 1 is 1.03 bits per heavy atom. The molecule has 3 rings (SSSR count). The van der Waals surface area contributed by atoms with Crippen LogP contribution in [0.3, 0.4) is 0 Å². The summed E-state index contributed by atoms with van der Waals surface area (Å²) in [5.74, 6) is 0.973. The summed E-state index contributed by atoms with van der Waals surface area (Å²) >= 11 is 1.09. The van der Waals surface area contributed by atoms with Crippen molar-refractivity contribution in [1.82, 2.24) is 4.90 Å². The first-order chi connectivity index (χ1) is 14.4. The first kappa shape index (κ1) is 22.2. The highest BCUT2D eigenvalue weighted by molar-refractivity contribution is 8.15. The Morgan fingerprint density at radius 3 is 2.40 bits per heavy atom. The molecule has 0 spiro atoms. The van der Waals surface area contributed by atoms with Crippen molar-refractivity contribution in [3.05, 3.63) is 59.4 Å². The van der Waals surface area contributed by atoms with Gasteiger partial charge in [-0.2, -0.15) is 0 Å². The third kappa shape index (κ3) is 5.53. The van der Waals surface area contributed by atoms with E-state index in [1.165, 1.54) is 17.0 Å². The molecule has 160 valence electrons. The molecule has 0 unspecified atom stereocenters. The standard InChI is InChI=1S/C23H26FNO4S/c1-4-28-20-11-17(12-21-22(26)25(13-15(2)3)23(27)30-21)7-10-19(20)29-14-16-5-8-18(24)9-6-16/h5-11,15,21H,4,12-14H2,1-3H3/t21-/m0/s1. The van der Waals surface area contributed by atoms with E-state index >= 15 is 0 Å². The topological polar surface area (TPSA) is 55.8 Å². The highest BCUT2D eigenvalue weighted by Gasteiger charge is 2.39. The lowest BCUT2D eigenvalue weighted by Gasteiger charge is -2.16. The highest BCUT2D eigenvalue weighted by Crippen LogP contribution is 2.34. The van der Waals surface area contributed by atoms with Crippen molar-refractivity contribution in [2.24, 2.45) is 5.92 Å². The first-order valence-electron chi connectivity index (χ1n) is 10.0. The molecule has 1 atom stereocenters. The third-order valence-electron chi connectivity index (χ3n) is 4.59. The number of hydrogen-bond acceptors (Lipinski definition) is 5. The molecule has 1 aliphatic heterocycles. The van der Waals surface area contributed by atoms with E-state index in [-0.39, 0.29) is 29.5 Å². The molecule has 0 radical (unpaired) electrons. The molecule has 2 aromatic rings. The van der Waals surface area contributed by atoms with Crippen LogP contribution in [0.5, 0.6) is 11.5 Å². The van der Waals surface area contributed by atoms with Crippen molar-refractivity contribution in [3.8, 4) is 11.5 Å². The average Bonchev–Trinajstić information content (AvgIpc) is 2.96. The SMILES string of the molecule is CCOc1cc(C[C@@H]2SC(=O)N(CC(C)C)C2=O)ccc1OCc1ccc(F)cc1. The number of hydrogen-bond donors (Lipinski definition) is 0. The van der Waals surface area contributed by atoms with Crippen LogP contribution in [0, 0.1) is 11.7 Å². The number of benzene rings is 2. The molecule has 1 saturated heterocycles. The molecule has 1 fully saturated rings. The monoisotopic (exact) mass is 431 g/mol. The lowest BCUT2D eigenvalue weighted by Crippen LogP contribution is -2.35. The van der Waals surface area contributed by atoms with E-state index in [0.29, 0.717) is 31.1 Å². The van der Waals surface area contributed by atoms with Crippen molar-refractivity contribution in [1.29, 1.82) is 0 Å². The normalized spacial score (nSPS) is 16.4. The molecular formula is C23H26FNO4S. The number of imide groups is 1. The fourth-order valence-corrected chi connectivity index (χ4v) is 4.22. The Bertz CT molecular complexity index is 901. The fraction of sp³-hybridized carbons (Fsp3) is 0.391. The van der Waals surface area contributed by atoms with E-state index in [9.17, 15) is 14.0 Å². The first-order valence-corrected chi connectivity index (χ1v) is 10.9. The van der Waals surface area contributed by atoms with Gasteiger partial charge >= 0.3 is 0 Å². The van der Waals surface area contributed by atoms with Crippen molar-refractivity contribution in [3.63, 3.8) is 0 Å². The van der Waals surface area contributed by atoms with Crippen LogP contribution >= 0.6 is 11.8 Å². The number of thioether (sulfide) groups is 1. The summed E-state index contributed by atoms with van der Waals surface area (Å²) in [5.41, 5.74) is 1.75. The van der Waals surface area contributed by atoms with Gasteiger partial charge in [0.25, 0.3) is 5.24 Å². The largest absolute Gasteiger partial charge is 0.490 e. The smallest absolute Gasteiger partial charge is 0.289 e. The molecule has 0 saturated carbocycles. The molecule has 0 aromatic heterocycles. The Kier molecular flexibility index (Phi) is 7.37. The molecule has 30 heavy (non-hydrogen) atoms. The van der Waals surface area contributed by atoms with Crippen LogP contribution in [0.4, 0.5) is 9.18 Å². The van der Waals surface area contributed by atoms with Crippen molar-refractivity contribution >= 4 is 22.9 Å². The van der Waals surface area contributed by atoms with Gasteiger partial charge in [0, 0.05) is 6.54 Å². The van der Waals surface area contributed by atoms with Gasteiger partial charge in [0.1, 0.15) is 12.4 Å². The van der Waals surface area contributed by atoms with E-state index < -0.39 is 5.25 Å². The molecule has 0 N–H and O–H groups in total. The minimum atomic E-state index is -0.420. The van der Waals surface area contributed by atoms with E-state index in [4.69, 9.17) is 9.47 Å². The Morgan fingerprint density at radius 2 is 1.73 bits per heavy atom. The van der Waals surface area contributed by atoms with Gasteiger partial charge in [-0.3, -0.25) is 14.5 Å². The summed E-state index contributed by atoms with van der Waals surface area (Å²) in [6.07, 6.45) is 0.447. The Balaban J connectivity index is 1.69. The van der Waals surface area contributed by atoms with Gasteiger partial charge in [-0.25, -0.2) is 4.39 Å². The zero-order valence-electron chi connectivity index (χ0n) is 17.4. The number of amides is 2. The lowest BCUT2D eigenvalue weighted by molar-refractivity contribution is -0.127. The number of ether oxygens (including phenoxy) is 2. The molecule has 1 heterocycles. The maximum Gasteiger partial charge on any atom is 0.289 e. The predicted molar refractivity (Wildman–Crippen MR) is 115 cm³/mol. The lowest BCUT2D eigenvalue weighted by atomic mass is 10.1. The van der Waals surface area contributed by atoms with Crippen molar-refractivity contribution in [2.75, 3.05) is 13.2 Å². The number of carbonyl (C=O) groups excluding carboxylic acids is 2. The zero-order valence-corrected chi connectivity index (χ0v) is 18.2. The molecule has 5 nitrogen and oxygen atoms in total. The number of halogens is 1. The van der Waals surface area contributed by atoms with Crippen LogP contribution in [-0.2, 0) is 17.8 Å². The third-order valence-corrected chi connectivity index (χ3v) is 5.66. The van der Waals surface area contributed by atoms with Gasteiger partial charge in [0.05, 0.1) is 11.9 Å². The van der Waals surface area contributed by atoms with Crippen molar-refractivity contribution < 1.29 is 23.5 Å². The summed E-state index contributed by atoms with van der Waals surface area (Å²) in [5, 5.41) is -0.598. The fourth-order valence-electron chi connectivity index (χ4n) is 3.18. The summed E-state index contributed by atoms with van der Waals surface area (Å²) in [6, 6.07) is 11.7. The maximum absolute atomic E-state index is 13.1. The molecule has 2 aromatic carbocycles. The van der Waals surface area contributed by atoms with Crippen LogP contribution in [0.25, 0.3) is 0 Å². The van der Waals surface area contributed by atoms with E-state index in [1.54, 1.807) is 12.1 Å². The second kappa shape index (κ2) is 9.98. The summed E-state index contributed by atoms with van der Waals surface area (Å²) in [7, 11) is 0. The Labute approximate surface area is 180 Å². The van der Waals surface area contributed by atoms with Gasteiger partial charge in [0.15, 0.2) is 11.5 Å². The molecule has 2 amide bonds. The number of nitrogens with zero attached hydrogens (tertiary/aromatic N) is 1. The van der Waals surface area contributed by atoms with Crippen molar-refractivity contribution in [2.45, 2.75) is 39.0 Å². The predicted octanol–water partition coefficient (Wildman–Crippen LogP) is 5.07. The van der Waals surface area contributed by atoms with Gasteiger partial charge in [-0.05, 0) is 54.7 Å². The second-order valence-electron chi connectivity index (χ2n) is 7.55. The summed E-state index contributed by atoms with van der Waals surface area (Å²) < 4.78 is 24.6. The van der Waals surface area contributed by atoms with E-state index in [1.807, 2.05) is 39.0 Å². The maximum atomic E-state index is 13.1. The van der Waals surface area contributed by atoms with Gasteiger partial charge in [-0.15, -0.1) is 0 Å².